The first-order chi connectivity index (χ1) is 12.6. The predicted molar refractivity (Wildman–Crippen MR) is 105 cm³/mol. The number of unbranched alkanes of at least 4 members (excludes halogenated alkanes) is 1. The molecule has 2 rings (SSSR count). The second kappa shape index (κ2) is 11.0. The summed E-state index contributed by atoms with van der Waals surface area (Å²) >= 11 is 1.39. The number of aromatic nitrogens is 3. The topological polar surface area (TPSA) is 69.0 Å². The summed E-state index contributed by atoms with van der Waals surface area (Å²) in [5, 5.41) is 11.7. The summed E-state index contributed by atoms with van der Waals surface area (Å²) in [7, 11) is 0. The van der Waals surface area contributed by atoms with Crippen LogP contribution < -0.4 is 5.32 Å². The van der Waals surface area contributed by atoms with Gasteiger partial charge in [0.05, 0.1) is 5.75 Å². The van der Waals surface area contributed by atoms with Gasteiger partial charge in [0.1, 0.15) is 6.33 Å². The van der Waals surface area contributed by atoms with E-state index in [0.29, 0.717) is 24.1 Å². The Morgan fingerprint density at radius 3 is 2.81 bits per heavy atom. The van der Waals surface area contributed by atoms with E-state index in [9.17, 15) is 4.79 Å². The molecule has 2 aromatic rings. The van der Waals surface area contributed by atoms with Crippen molar-refractivity contribution in [1.29, 1.82) is 0 Å². The zero-order chi connectivity index (χ0) is 18.8. The molecule has 0 aliphatic heterocycles. The summed E-state index contributed by atoms with van der Waals surface area (Å²) in [5.74, 6) is 0.318. The Kier molecular flexibility index (Phi) is 8.64. The Hall–Kier alpha value is -1.86. The quantitative estimate of drug-likeness (QED) is 0.481. The lowest BCUT2D eigenvalue weighted by Gasteiger charge is -2.09. The van der Waals surface area contributed by atoms with Gasteiger partial charge < -0.3 is 10.1 Å². The molecule has 7 heteroatoms. The van der Waals surface area contributed by atoms with Crippen LogP contribution in [0.5, 0.6) is 0 Å². The average molecular weight is 377 g/mol. The van der Waals surface area contributed by atoms with Crippen LogP contribution in [0.25, 0.3) is 5.69 Å². The summed E-state index contributed by atoms with van der Waals surface area (Å²) in [6.07, 6.45) is 4.74. The van der Waals surface area contributed by atoms with E-state index in [2.05, 4.69) is 48.4 Å². The number of benzene rings is 1. The smallest absolute Gasteiger partial charge is 0.230 e. The molecule has 0 aliphatic carbocycles. The first-order valence-electron chi connectivity index (χ1n) is 9.06. The summed E-state index contributed by atoms with van der Waals surface area (Å²) in [5.41, 5.74) is 3.46. The SMILES string of the molecule is CCCCOCCCNC(=O)CSc1nncn1-c1ccc(C)c(C)c1. The van der Waals surface area contributed by atoms with E-state index in [1.807, 2.05) is 10.6 Å². The van der Waals surface area contributed by atoms with Crippen molar-refractivity contribution in [2.75, 3.05) is 25.5 Å². The molecule has 1 N–H and O–H groups in total. The third-order valence-corrected chi connectivity index (χ3v) is 4.99. The van der Waals surface area contributed by atoms with Crippen LogP contribution in [-0.2, 0) is 9.53 Å². The highest BCUT2D eigenvalue weighted by Crippen LogP contribution is 2.21. The Labute approximate surface area is 159 Å². The van der Waals surface area contributed by atoms with Crippen LogP contribution in [-0.4, -0.2) is 46.2 Å². The summed E-state index contributed by atoms with van der Waals surface area (Å²) in [6.45, 7) is 8.43. The van der Waals surface area contributed by atoms with Gasteiger partial charge in [0, 0.05) is 25.4 Å². The minimum Gasteiger partial charge on any atom is -0.381 e. The number of amides is 1. The molecule has 26 heavy (non-hydrogen) atoms. The second-order valence-electron chi connectivity index (χ2n) is 6.21. The molecule has 1 aromatic carbocycles. The lowest BCUT2D eigenvalue weighted by Crippen LogP contribution is -2.27. The van der Waals surface area contributed by atoms with Crippen molar-refractivity contribution in [3.63, 3.8) is 0 Å². The Bertz CT molecular complexity index is 703. The number of rotatable bonds is 11. The van der Waals surface area contributed by atoms with Gasteiger partial charge in [0.15, 0.2) is 5.16 Å². The van der Waals surface area contributed by atoms with E-state index < -0.39 is 0 Å². The highest BCUT2D eigenvalue weighted by molar-refractivity contribution is 7.99. The van der Waals surface area contributed by atoms with Gasteiger partial charge in [-0.05, 0) is 49.9 Å². The number of ether oxygens (including phenoxy) is 1. The predicted octanol–water partition coefficient (Wildman–Crippen LogP) is 3.30. The van der Waals surface area contributed by atoms with Crippen LogP contribution in [0, 0.1) is 13.8 Å². The van der Waals surface area contributed by atoms with Gasteiger partial charge in [-0.25, -0.2) is 0 Å². The van der Waals surface area contributed by atoms with Crippen molar-refractivity contribution in [3.8, 4) is 5.69 Å². The van der Waals surface area contributed by atoms with E-state index >= 15 is 0 Å². The van der Waals surface area contributed by atoms with Gasteiger partial charge in [-0.1, -0.05) is 31.2 Å². The first-order valence-corrected chi connectivity index (χ1v) is 10.0. The number of carbonyl (C=O) groups excluding carboxylic acids is 1. The number of nitrogens with one attached hydrogen (secondary N) is 1. The molecule has 6 nitrogen and oxygen atoms in total. The fourth-order valence-corrected chi connectivity index (χ4v) is 3.07. The zero-order valence-electron chi connectivity index (χ0n) is 15.8. The molecular formula is C19H28N4O2S. The Morgan fingerprint density at radius 2 is 2.04 bits per heavy atom. The molecule has 0 bridgehead atoms. The zero-order valence-corrected chi connectivity index (χ0v) is 16.6. The van der Waals surface area contributed by atoms with Gasteiger partial charge in [-0.2, -0.15) is 0 Å². The molecular weight excluding hydrogens is 348 g/mol. The molecule has 0 spiro atoms. The first kappa shape index (κ1) is 20.5. The molecule has 0 fully saturated rings. The molecule has 142 valence electrons. The van der Waals surface area contributed by atoms with Crippen molar-refractivity contribution in [2.45, 2.75) is 45.2 Å². The number of aryl methyl sites for hydroxylation is 2. The number of thioether (sulfide) groups is 1. The van der Waals surface area contributed by atoms with Gasteiger partial charge in [-0.15, -0.1) is 10.2 Å². The van der Waals surface area contributed by atoms with E-state index in [1.54, 1.807) is 6.33 Å². The summed E-state index contributed by atoms with van der Waals surface area (Å²) in [4.78, 5) is 12.0. The molecule has 0 unspecified atom stereocenters. The number of hydrogen-bond acceptors (Lipinski definition) is 5. The minimum absolute atomic E-state index is 0.00167. The number of carbonyl (C=O) groups is 1. The summed E-state index contributed by atoms with van der Waals surface area (Å²) in [6, 6.07) is 6.21. The molecule has 1 heterocycles. The molecule has 0 saturated heterocycles. The van der Waals surface area contributed by atoms with Crippen LogP contribution in [0.4, 0.5) is 0 Å². The Morgan fingerprint density at radius 1 is 1.23 bits per heavy atom. The van der Waals surface area contributed by atoms with Gasteiger partial charge in [0.25, 0.3) is 0 Å². The third-order valence-electron chi connectivity index (χ3n) is 4.05. The Balaban J connectivity index is 1.75. The lowest BCUT2D eigenvalue weighted by molar-refractivity contribution is -0.118. The van der Waals surface area contributed by atoms with E-state index in [-0.39, 0.29) is 5.91 Å². The molecule has 1 aromatic heterocycles. The maximum Gasteiger partial charge on any atom is 0.230 e. The maximum absolute atomic E-state index is 12.0. The number of nitrogens with zero attached hydrogens (tertiary/aromatic N) is 3. The van der Waals surface area contributed by atoms with Gasteiger partial charge in [-0.3, -0.25) is 9.36 Å². The lowest BCUT2D eigenvalue weighted by atomic mass is 10.1. The monoisotopic (exact) mass is 376 g/mol. The van der Waals surface area contributed by atoms with Crippen LogP contribution in [0.2, 0.25) is 0 Å². The van der Waals surface area contributed by atoms with Crippen LogP contribution >= 0.6 is 11.8 Å². The van der Waals surface area contributed by atoms with Crippen LogP contribution in [0.3, 0.4) is 0 Å². The highest BCUT2D eigenvalue weighted by atomic mass is 32.2. The maximum atomic E-state index is 12.0. The van der Waals surface area contributed by atoms with E-state index in [4.69, 9.17) is 4.74 Å². The fraction of sp³-hybridized carbons (Fsp3) is 0.526. The highest BCUT2D eigenvalue weighted by Gasteiger charge is 2.10. The summed E-state index contributed by atoms with van der Waals surface area (Å²) < 4.78 is 7.39. The van der Waals surface area contributed by atoms with Crippen molar-refractivity contribution in [1.82, 2.24) is 20.1 Å². The van der Waals surface area contributed by atoms with Crippen molar-refractivity contribution in [3.05, 3.63) is 35.7 Å². The van der Waals surface area contributed by atoms with E-state index in [1.165, 1.54) is 22.9 Å². The number of hydrogen-bond donors (Lipinski definition) is 1. The molecule has 0 radical (unpaired) electrons. The standard InChI is InChI=1S/C19H28N4O2S/c1-4-5-10-25-11-6-9-20-18(24)13-26-19-22-21-14-23(19)17-8-7-15(2)16(3)12-17/h7-8,12,14H,4-6,9-11,13H2,1-3H3,(H,20,24). The second-order valence-corrected chi connectivity index (χ2v) is 7.15. The minimum atomic E-state index is -0.00167. The van der Waals surface area contributed by atoms with Gasteiger partial charge >= 0.3 is 0 Å². The molecule has 1 amide bonds. The normalized spacial score (nSPS) is 10.9. The molecule has 0 aliphatic rings. The van der Waals surface area contributed by atoms with Gasteiger partial charge in [0.2, 0.25) is 5.91 Å². The van der Waals surface area contributed by atoms with Crippen LogP contribution in [0.15, 0.2) is 29.7 Å². The largest absolute Gasteiger partial charge is 0.381 e. The average Bonchev–Trinajstić information content (AvgIpc) is 3.10. The molecule has 0 saturated carbocycles. The van der Waals surface area contributed by atoms with Crippen molar-refractivity contribution < 1.29 is 9.53 Å². The van der Waals surface area contributed by atoms with Crippen LogP contribution in [0.1, 0.15) is 37.3 Å². The van der Waals surface area contributed by atoms with Crippen molar-refractivity contribution in [2.24, 2.45) is 0 Å². The fourth-order valence-electron chi connectivity index (χ4n) is 2.31. The van der Waals surface area contributed by atoms with E-state index in [0.717, 1.165) is 31.6 Å². The third kappa shape index (κ3) is 6.46. The molecule has 0 atom stereocenters. The van der Waals surface area contributed by atoms with Crippen molar-refractivity contribution >= 4 is 17.7 Å².